The van der Waals surface area contributed by atoms with Crippen molar-refractivity contribution >= 4 is 30.1 Å². The molecule has 1 saturated heterocycles. The van der Waals surface area contributed by atoms with Crippen LogP contribution in [0.25, 0.3) is 0 Å². The van der Waals surface area contributed by atoms with Crippen molar-refractivity contribution in [2.75, 3.05) is 18.8 Å². The van der Waals surface area contributed by atoms with Crippen LogP contribution in [-0.2, 0) is 4.79 Å². The van der Waals surface area contributed by atoms with E-state index < -0.39 is 0 Å². The summed E-state index contributed by atoms with van der Waals surface area (Å²) >= 11 is 1.40. The van der Waals surface area contributed by atoms with E-state index in [1.807, 2.05) is 19.9 Å². The molecule has 5 nitrogen and oxygen atoms in total. The van der Waals surface area contributed by atoms with Crippen LogP contribution >= 0.6 is 24.2 Å². The highest BCUT2D eigenvalue weighted by Crippen LogP contribution is 2.14. The van der Waals surface area contributed by atoms with Crippen molar-refractivity contribution < 1.29 is 4.79 Å². The van der Waals surface area contributed by atoms with Gasteiger partial charge in [-0.1, -0.05) is 11.8 Å². The highest BCUT2D eigenvalue weighted by molar-refractivity contribution is 7.99. The number of aromatic nitrogens is 2. The molecule has 1 amide bonds. The molecular weight excluding hydrogens is 296 g/mol. The monoisotopic (exact) mass is 316 g/mol. The van der Waals surface area contributed by atoms with Gasteiger partial charge in [-0.15, -0.1) is 12.4 Å². The predicted molar refractivity (Wildman–Crippen MR) is 83.5 cm³/mol. The molecule has 0 spiro atoms. The van der Waals surface area contributed by atoms with Gasteiger partial charge in [-0.3, -0.25) is 4.79 Å². The van der Waals surface area contributed by atoms with E-state index in [1.54, 1.807) is 0 Å². The lowest BCUT2D eigenvalue weighted by Gasteiger charge is -2.23. The zero-order valence-corrected chi connectivity index (χ0v) is 13.4. The second-order valence-corrected chi connectivity index (χ2v) is 5.76. The molecule has 20 heavy (non-hydrogen) atoms. The zero-order chi connectivity index (χ0) is 13.7. The summed E-state index contributed by atoms with van der Waals surface area (Å²) in [7, 11) is 0. The summed E-state index contributed by atoms with van der Waals surface area (Å²) in [6, 6.07) is 2.24. The third-order valence-electron chi connectivity index (χ3n) is 3.00. The second kappa shape index (κ2) is 8.44. The molecule has 1 aromatic heterocycles. The first-order valence-electron chi connectivity index (χ1n) is 6.58. The van der Waals surface area contributed by atoms with Crippen LogP contribution in [0, 0.1) is 13.8 Å². The molecule has 0 aromatic carbocycles. The Morgan fingerprint density at radius 1 is 1.35 bits per heavy atom. The molecule has 0 bridgehead atoms. The summed E-state index contributed by atoms with van der Waals surface area (Å²) in [5, 5.41) is 7.02. The minimum absolute atomic E-state index is 0. The van der Waals surface area contributed by atoms with Gasteiger partial charge in [-0.25, -0.2) is 9.97 Å². The number of aryl methyl sites for hydroxylation is 2. The van der Waals surface area contributed by atoms with E-state index in [9.17, 15) is 4.79 Å². The number of halogens is 1. The molecule has 0 unspecified atom stereocenters. The van der Waals surface area contributed by atoms with Gasteiger partial charge in [0.1, 0.15) is 0 Å². The quantitative estimate of drug-likeness (QED) is 0.650. The molecule has 112 valence electrons. The lowest BCUT2D eigenvalue weighted by molar-refractivity contribution is -0.119. The maximum absolute atomic E-state index is 11.8. The maximum atomic E-state index is 11.8. The van der Waals surface area contributed by atoms with Crippen molar-refractivity contribution in [1.29, 1.82) is 0 Å². The Bertz CT molecular complexity index is 432. The number of carbonyl (C=O) groups is 1. The van der Waals surface area contributed by atoms with Gasteiger partial charge >= 0.3 is 0 Å². The molecule has 2 heterocycles. The van der Waals surface area contributed by atoms with Gasteiger partial charge in [0.15, 0.2) is 5.16 Å². The SMILES string of the molecule is Cc1cc(C)nc(SCC(=O)NC2CCNCC2)n1.Cl. The highest BCUT2D eigenvalue weighted by Gasteiger charge is 2.15. The first kappa shape index (κ1) is 17.2. The first-order chi connectivity index (χ1) is 9.13. The van der Waals surface area contributed by atoms with Crippen LogP contribution in [0.15, 0.2) is 11.2 Å². The number of rotatable bonds is 4. The average Bonchev–Trinajstić information content (AvgIpc) is 2.36. The summed E-state index contributed by atoms with van der Waals surface area (Å²) < 4.78 is 0. The van der Waals surface area contributed by atoms with Gasteiger partial charge in [-0.2, -0.15) is 0 Å². The number of piperidine rings is 1. The van der Waals surface area contributed by atoms with Gasteiger partial charge in [0.25, 0.3) is 0 Å². The van der Waals surface area contributed by atoms with Gasteiger partial charge in [0, 0.05) is 17.4 Å². The number of nitrogens with one attached hydrogen (secondary N) is 2. The van der Waals surface area contributed by atoms with Crippen molar-refractivity contribution in [3.05, 3.63) is 17.5 Å². The van der Waals surface area contributed by atoms with Gasteiger partial charge in [-0.05, 0) is 45.8 Å². The standard InChI is InChI=1S/C13H20N4OS.ClH/c1-9-7-10(2)16-13(15-9)19-8-12(18)17-11-3-5-14-6-4-11;/h7,11,14H,3-6,8H2,1-2H3,(H,17,18);1H. The van der Waals surface area contributed by atoms with E-state index >= 15 is 0 Å². The Labute approximate surface area is 130 Å². The van der Waals surface area contributed by atoms with Crippen molar-refractivity contribution in [3.8, 4) is 0 Å². The fourth-order valence-electron chi connectivity index (χ4n) is 2.12. The van der Waals surface area contributed by atoms with E-state index in [4.69, 9.17) is 0 Å². The minimum Gasteiger partial charge on any atom is -0.353 e. The molecule has 1 fully saturated rings. The summed E-state index contributed by atoms with van der Waals surface area (Å²) in [5.41, 5.74) is 1.88. The zero-order valence-electron chi connectivity index (χ0n) is 11.8. The van der Waals surface area contributed by atoms with Crippen LogP contribution < -0.4 is 10.6 Å². The van der Waals surface area contributed by atoms with Gasteiger partial charge in [0.05, 0.1) is 5.75 Å². The summed E-state index contributed by atoms with van der Waals surface area (Å²) in [4.78, 5) is 20.5. The van der Waals surface area contributed by atoms with Crippen LogP contribution in [0.3, 0.4) is 0 Å². The number of amides is 1. The second-order valence-electron chi connectivity index (χ2n) is 4.81. The van der Waals surface area contributed by atoms with E-state index in [2.05, 4.69) is 20.6 Å². The third-order valence-corrected chi connectivity index (χ3v) is 3.85. The Morgan fingerprint density at radius 3 is 2.55 bits per heavy atom. The molecule has 7 heteroatoms. The molecule has 0 radical (unpaired) electrons. The largest absolute Gasteiger partial charge is 0.353 e. The molecular formula is C13H21ClN4OS. The molecule has 1 aliphatic rings. The number of hydrogen-bond acceptors (Lipinski definition) is 5. The van der Waals surface area contributed by atoms with E-state index in [0.717, 1.165) is 37.3 Å². The molecule has 0 atom stereocenters. The third kappa shape index (κ3) is 5.64. The summed E-state index contributed by atoms with van der Waals surface area (Å²) in [6.07, 6.45) is 2.02. The van der Waals surface area contributed by atoms with Gasteiger partial charge in [0.2, 0.25) is 5.91 Å². The molecule has 0 saturated carbocycles. The van der Waals surface area contributed by atoms with Crippen LogP contribution in [0.5, 0.6) is 0 Å². The van der Waals surface area contributed by atoms with E-state index in [0.29, 0.717) is 17.0 Å². The van der Waals surface area contributed by atoms with Crippen molar-refractivity contribution in [2.24, 2.45) is 0 Å². The Morgan fingerprint density at radius 2 is 1.95 bits per heavy atom. The number of carbonyl (C=O) groups excluding carboxylic acids is 1. The van der Waals surface area contributed by atoms with E-state index in [1.165, 1.54) is 11.8 Å². The van der Waals surface area contributed by atoms with Crippen LogP contribution in [0.1, 0.15) is 24.2 Å². The smallest absolute Gasteiger partial charge is 0.230 e. The Kier molecular flexibility index (Phi) is 7.26. The fraction of sp³-hybridized carbons (Fsp3) is 0.615. The molecule has 2 N–H and O–H groups in total. The number of nitrogens with zero attached hydrogens (tertiary/aromatic N) is 2. The molecule has 1 aromatic rings. The minimum atomic E-state index is 0. The summed E-state index contributed by atoms with van der Waals surface area (Å²) in [5.74, 6) is 0.451. The van der Waals surface area contributed by atoms with Gasteiger partial charge < -0.3 is 10.6 Å². The maximum Gasteiger partial charge on any atom is 0.230 e. The fourth-order valence-corrected chi connectivity index (χ4v) is 2.88. The molecule has 1 aliphatic heterocycles. The van der Waals surface area contributed by atoms with Crippen molar-refractivity contribution in [3.63, 3.8) is 0 Å². The predicted octanol–water partition coefficient (Wildman–Crippen LogP) is 1.48. The molecule has 2 rings (SSSR count). The van der Waals surface area contributed by atoms with Crippen LogP contribution in [0.4, 0.5) is 0 Å². The Hall–Kier alpha value is -0.850. The normalized spacial score (nSPS) is 15.5. The lowest BCUT2D eigenvalue weighted by atomic mass is 10.1. The molecule has 0 aliphatic carbocycles. The lowest BCUT2D eigenvalue weighted by Crippen LogP contribution is -2.43. The number of thioether (sulfide) groups is 1. The van der Waals surface area contributed by atoms with Crippen molar-refractivity contribution in [2.45, 2.75) is 37.9 Å². The number of hydrogen-bond donors (Lipinski definition) is 2. The van der Waals surface area contributed by atoms with E-state index in [-0.39, 0.29) is 18.3 Å². The topological polar surface area (TPSA) is 66.9 Å². The van der Waals surface area contributed by atoms with Crippen molar-refractivity contribution in [1.82, 2.24) is 20.6 Å². The summed E-state index contributed by atoms with van der Waals surface area (Å²) in [6.45, 7) is 5.85. The first-order valence-corrected chi connectivity index (χ1v) is 7.57. The van der Waals surface area contributed by atoms with Crippen LogP contribution in [-0.4, -0.2) is 40.8 Å². The average molecular weight is 317 g/mol. The van der Waals surface area contributed by atoms with Crippen LogP contribution in [0.2, 0.25) is 0 Å². The Balaban J connectivity index is 0.00000200. The highest BCUT2D eigenvalue weighted by atomic mass is 35.5.